The monoisotopic (exact) mass is 374 g/mol. The van der Waals surface area contributed by atoms with E-state index in [-0.39, 0.29) is 18.8 Å². The molecule has 0 heterocycles. The van der Waals surface area contributed by atoms with E-state index in [2.05, 4.69) is 16.0 Å². The summed E-state index contributed by atoms with van der Waals surface area (Å²) >= 11 is 0. The van der Waals surface area contributed by atoms with Gasteiger partial charge >= 0.3 is 11.9 Å². The fourth-order valence-electron chi connectivity index (χ4n) is 1.88. The normalized spacial score (nSPS) is 14.0. The number of carbonyl (C=O) groups excluding carboxylic acids is 3. The molecule has 26 heavy (non-hydrogen) atoms. The number of hydrogen-bond acceptors (Lipinski definition) is 6. The molecule has 0 aromatic carbocycles. The lowest BCUT2D eigenvalue weighted by atomic mass is 10.0. The molecule has 0 radical (unpaired) electrons. The Morgan fingerprint density at radius 2 is 1.46 bits per heavy atom. The number of carboxylic acids is 2. The Kier molecular flexibility index (Phi) is 9.89. The van der Waals surface area contributed by atoms with Crippen LogP contribution in [-0.2, 0) is 24.0 Å². The number of hydrogen-bond donors (Lipinski definition) is 6. The summed E-state index contributed by atoms with van der Waals surface area (Å²) in [6.07, 6.45) is -0.365. The lowest BCUT2D eigenvalue weighted by Gasteiger charge is -2.24. The zero-order valence-electron chi connectivity index (χ0n) is 14.9. The van der Waals surface area contributed by atoms with Gasteiger partial charge in [0.15, 0.2) is 0 Å². The van der Waals surface area contributed by atoms with Crippen molar-refractivity contribution in [1.29, 1.82) is 0 Å². The number of carboxylic acid groups (broad SMARTS) is 2. The molecule has 3 unspecified atom stereocenters. The molecule has 7 N–H and O–H groups in total. The summed E-state index contributed by atoms with van der Waals surface area (Å²) in [5, 5.41) is 24.1. The Labute approximate surface area is 150 Å². The molecule has 148 valence electrons. The molecular weight excluding hydrogens is 348 g/mol. The van der Waals surface area contributed by atoms with Crippen LogP contribution in [0.25, 0.3) is 0 Å². The summed E-state index contributed by atoms with van der Waals surface area (Å²) in [6.45, 7) is 4.12. The number of nitrogens with one attached hydrogen (secondary N) is 3. The van der Waals surface area contributed by atoms with Crippen molar-refractivity contribution in [1.82, 2.24) is 16.0 Å². The molecule has 0 fully saturated rings. The van der Waals surface area contributed by atoms with Gasteiger partial charge in [0.25, 0.3) is 0 Å². The van der Waals surface area contributed by atoms with Crippen molar-refractivity contribution in [3.05, 3.63) is 0 Å². The minimum absolute atomic E-state index is 0.0816. The predicted molar refractivity (Wildman–Crippen MR) is 89.9 cm³/mol. The SMILES string of the molecule is CC(NC(=O)C(N)CCC(=O)O)C(=O)NC(C(=O)NCC(=O)O)C(C)C. The number of carbonyl (C=O) groups is 5. The van der Waals surface area contributed by atoms with Crippen LogP contribution in [0.2, 0.25) is 0 Å². The van der Waals surface area contributed by atoms with Crippen molar-refractivity contribution in [3.63, 3.8) is 0 Å². The summed E-state index contributed by atoms with van der Waals surface area (Å²) in [4.78, 5) is 57.0. The zero-order chi connectivity index (χ0) is 20.4. The van der Waals surface area contributed by atoms with E-state index in [4.69, 9.17) is 15.9 Å². The van der Waals surface area contributed by atoms with Crippen molar-refractivity contribution in [2.24, 2.45) is 11.7 Å². The molecular formula is C15H26N4O7. The summed E-state index contributed by atoms with van der Waals surface area (Å²) in [5.74, 6) is -4.64. The second-order valence-electron chi connectivity index (χ2n) is 6.11. The Morgan fingerprint density at radius 3 is 1.92 bits per heavy atom. The van der Waals surface area contributed by atoms with Crippen LogP contribution in [0.4, 0.5) is 0 Å². The van der Waals surface area contributed by atoms with Crippen LogP contribution in [0.1, 0.15) is 33.6 Å². The van der Waals surface area contributed by atoms with E-state index in [0.717, 1.165) is 0 Å². The molecule has 0 aliphatic heterocycles. The molecule has 0 rings (SSSR count). The zero-order valence-corrected chi connectivity index (χ0v) is 14.9. The first kappa shape index (κ1) is 23.3. The highest BCUT2D eigenvalue weighted by Gasteiger charge is 2.27. The van der Waals surface area contributed by atoms with Gasteiger partial charge in [0, 0.05) is 6.42 Å². The van der Waals surface area contributed by atoms with Gasteiger partial charge in [0.05, 0.1) is 6.04 Å². The lowest BCUT2D eigenvalue weighted by Crippen LogP contribution is -2.56. The molecule has 3 amide bonds. The van der Waals surface area contributed by atoms with Crippen molar-refractivity contribution >= 4 is 29.7 Å². The average Bonchev–Trinajstić information content (AvgIpc) is 2.54. The number of rotatable bonds is 11. The highest BCUT2D eigenvalue weighted by Crippen LogP contribution is 2.03. The second-order valence-corrected chi connectivity index (χ2v) is 6.11. The van der Waals surface area contributed by atoms with Gasteiger partial charge in [0.1, 0.15) is 18.6 Å². The van der Waals surface area contributed by atoms with Gasteiger partial charge in [-0.05, 0) is 19.3 Å². The highest BCUT2D eigenvalue weighted by molar-refractivity contribution is 5.93. The minimum Gasteiger partial charge on any atom is -0.481 e. The molecule has 0 aliphatic rings. The molecule has 0 aromatic rings. The van der Waals surface area contributed by atoms with Crippen LogP contribution in [0.3, 0.4) is 0 Å². The number of nitrogens with two attached hydrogens (primary N) is 1. The molecule has 11 nitrogen and oxygen atoms in total. The molecule has 0 aromatic heterocycles. The van der Waals surface area contributed by atoms with E-state index in [0.29, 0.717) is 0 Å². The smallest absolute Gasteiger partial charge is 0.322 e. The summed E-state index contributed by atoms with van der Waals surface area (Å²) < 4.78 is 0. The maximum atomic E-state index is 12.2. The second kappa shape index (κ2) is 11.0. The van der Waals surface area contributed by atoms with Crippen molar-refractivity contribution in [2.75, 3.05) is 6.54 Å². The molecule has 0 bridgehead atoms. The third kappa shape index (κ3) is 8.97. The Hall–Kier alpha value is -2.69. The first-order valence-electron chi connectivity index (χ1n) is 8.03. The van der Waals surface area contributed by atoms with Gasteiger partial charge in [-0.25, -0.2) is 0 Å². The first-order chi connectivity index (χ1) is 12.0. The Morgan fingerprint density at radius 1 is 0.885 bits per heavy atom. The molecule has 11 heteroatoms. The van der Waals surface area contributed by atoms with Gasteiger partial charge < -0.3 is 31.9 Å². The molecule has 3 atom stereocenters. The first-order valence-corrected chi connectivity index (χ1v) is 8.03. The largest absolute Gasteiger partial charge is 0.481 e. The molecule has 0 saturated heterocycles. The average molecular weight is 374 g/mol. The third-order valence-corrected chi connectivity index (χ3v) is 3.42. The van der Waals surface area contributed by atoms with E-state index in [1.807, 2.05) is 0 Å². The van der Waals surface area contributed by atoms with Gasteiger partial charge in [-0.2, -0.15) is 0 Å². The number of aliphatic carboxylic acids is 2. The Bertz CT molecular complexity index is 550. The lowest BCUT2D eigenvalue weighted by molar-refractivity contribution is -0.139. The van der Waals surface area contributed by atoms with Gasteiger partial charge in [-0.15, -0.1) is 0 Å². The quantitative estimate of drug-likeness (QED) is 0.240. The fraction of sp³-hybridized carbons (Fsp3) is 0.667. The van der Waals surface area contributed by atoms with Gasteiger partial charge in [0.2, 0.25) is 17.7 Å². The van der Waals surface area contributed by atoms with Gasteiger partial charge in [-0.3, -0.25) is 24.0 Å². The van der Waals surface area contributed by atoms with E-state index in [9.17, 15) is 24.0 Å². The van der Waals surface area contributed by atoms with Crippen molar-refractivity contribution < 1.29 is 34.2 Å². The van der Waals surface area contributed by atoms with Crippen LogP contribution in [-0.4, -0.2) is 64.5 Å². The minimum atomic E-state index is -1.22. The van der Waals surface area contributed by atoms with E-state index < -0.39 is 54.3 Å². The van der Waals surface area contributed by atoms with Crippen LogP contribution >= 0.6 is 0 Å². The van der Waals surface area contributed by atoms with E-state index >= 15 is 0 Å². The summed E-state index contributed by atoms with van der Waals surface area (Å²) in [6, 6.07) is -3.09. The van der Waals surface area contributed by atoms with E-state index in [1.54, 1.807) is 13.8 Å². The summed E-state index contributed by atoms with van der Waals surface area (Å²) in [5.41, 5.74) is 5.55. The Balaban J connectivity index is 4.68. The van der Waals surface area contributed by atoms with Crippen LogP contribution in [0.15, 0.2) is 0 Å². The fourth-order valence-corrected chi connectivity index (χ4v) is 1.88. The van der Waals surface area contributed by atoms with Crippen LogP contribution < -0.4 is 21.7 Å². The maximum Gasteiger partial charge on any atom is 0.322 e. The standard InChI is InChI=1S/C15H26N4O7/c1-7(2)12(15(26)17-6-11(22)23)19-13(24)8(3)18-14(25)9(16)4-5-10(20)21/h7-9,12H,4-6,16H2,1-3H3,(H,17,26)(H,18,25)(H,19,24)(H,20,21)(H,22,23). The topological polar surface area (TPSA) is 188 Å². The van der Waals surface area contributed by atoms with Crippen molar-refractivity contribution in [3.8, 4) is 0 Å². The van der Waals surface area contributed by atoms with E-state index in [1.165, 1.54) is 6.92 Å². The maximum absolute atomic E-state index is 12.2. The van der Waals surface area contributed by atoms with Crippen LogP contribution in [0.5, 0.6) is 0 Å². The summed E-state index contributed by atoms with van der Waals surface area (Å²) in [7, 11) is 0. The third-order valence-electron chi connectivity index (χ3n) is 3.42. The van der Waals surface area contributed by atoms with Gasteiger partial charge in [-0.1, -0.05) is 13.8 Å². The molecule has 0 aliphatic carbocycles. The number of amides is 3. The van der Waals surface area contributed by atoms with Crippen molar-refractivity contribution in [2.45, 2.75) is 51.7 Å². The molecule has 0 spiro atoms. The predicted octanol–water partition coefficient (Wildman–Crippen LogP) is -1.98. The van der Waals surface area contributed by atoms with Crippen LogP contribution in [0, 0.1) is 5.92 Å². The highest BCUT2D eigenvalue weighted by atomic mass is 16.4. The molecule has 0 saturated carbocycles.